The molecule has 3 aromatic rings. The molecule has 2 heterocycles. The third kappa shape index (κ3) is 2.62. The highest BCUT2D eigenvalue weighted by Crippen LogP contribution is 2.47. The van der Waals surface area contributed by atoms with Gasteiger partial charge in [0.1, 0.15) is 5.82 Å². The molecule has 24 heavy (non-hydrogen) atoms. The highest BCUT2D eigenvalue weighted by molar-refractivity contribution is 7.11. The van der Waals surface area contributed by atoms with Gasteiger partial charge < -0.3 is 5.32 Å². The molecule has 0 saturated heterocycles. The number of carbonyl (C=O) groups is 1. The van der Waals surface area contributed by atoms with Crippen LogP contribution in [0.2, 0.25) is 5.02 Å². The topological polar surface area (TPSA) is 29.1 Å². The van der Waals surface area contributed by atoms with E-state index < -0.39 is 0 Å². The molecule has 1 aromatic heterocycles. The molecule has 0 bridgehead atoms. The predicted molar refractivity (Wildman–Crippen MR) is 96.3 cm³/mol. The number of thiophene rings is 1. The molecule has 0 unspecified atom stereocenters. The number of nitrogens with one attached hydrogen (secondary N) is 1. The summed E-state index contributed by atoms with van der Waals surface area (Å²) in [6.45, 7) is 0. The van der Waals surface area contributed by atoms with Gasteiger partial charge in [0, 0.05) is 33.2 Å². The molecule has 1 atom stereocenters. The smallest absolute Gasteiger partial charge is 0.225 e. The predicted octanol–water partition coefficient (Wildman–Crippen LogP) is 5.68. The molecule has 0 radical (unpaired) electrons. The minimum Gasteiger partial charge on any atom is -0.325 e. The van der Waals surface area contributed by atoms with E-state index in [2.05, 4.69) is 5.32 Å². The summed E-state index contributed by atoms with van der Waals surface area (Å²) in [5.41, 5.74) is 3.28. The van der Waals surface area contributed by atoms with E-state index in [1.54, 1.807) is 29.5 Å². The summed E-state index contributed by atoms with van der Waals surface area (Å²) in [7, 11) is 0. The summed E-state index contributed by atoms with van der Waals surface area (Å²) in [5.74, 6) is -0.616. The Kier molecular flexibility index (Phi) is 3.87. The van der Waals surface area contributed by atoms with Crippen molar-refractivity contribution >= 4 is 34.5 Å². The number of hydrogen-bond donors (Lipinski definition) is 1. The lowest BCUT2D eigenvalue weighted by Gasteiger charge is -2.24. The van der Waals surface area contributed by atoms with Crippen LogP contribution in [0.3, 0.4) is 0 Å². The molecule has 1 N–H and O–H groups in total. The Morgan fingerprint density at radius 1 is 1.12 bits per heavy atom. The summed E-state index contributed by atoms with van der Waals surface area (Å²) in [5, 5.41) is 5.63. The fourth-order valence-electron chi connectivity index (χ4n) is 3.08. The van der Waals surface area contributed by atoms with E-state index in [0.717, 1.165) is 21.7 Å². The SMILES string of the molecule is O=C1C[C@@H](c2ccccc2F)c2scc(-c3ccc(Cl)cc3)c2N1. The number of rotatable bonds is 2. The standard InChI is InChI=1S/C19H13ClFNOS/c20-12-7-5-11(6-8-12)15-10-24-19-14(9-17(23)22-18(15)19)13-3-1-2-4-16(13)21/h1-8,10,14H,9H2,(H,22,23)/t14-/m0/s1. The van der Waals surface area contributed by atoms with Crippen molar-refractivity contribution in [1.29, 1.82) is 0 Å². The lowest BCUT2D eigenvalue weighted by atomic mass is 9.89. The zero-order valence-electron chi connectivity index (χ0n) is 12.6. The Morgan fingerprint density at radius 3 is 2.62 bits per heavy atom. The number of amides is 1. The van der Waals surface area contributed by atoms with E-state index in [-0.39, 0.29) is 24.1 Å². The van der Waals surface area contributed by atoms with Crippen LogP contribution in [-0.2, 0) is 4.79 Å². The summed E-state index contributed by atoms with van der Waals surface area (Å²) in [4.78, 5) is 13.2. The van der Waals surface area contributed by atoms with Crippen molar-refractivity contribution < 1.29 is 9.18 Å². The van der Waals surface area contributed by atoms with E-state index in [1.807, 2.05) is 29.6 Å². The van der Waals surface area contributed by atoms with Crippen LogP contribution >= 0.6 is 22.9 Å². The van der Waals surface area contributed by atoms with Crippen LogP contribution in [0, 0.1) is 5.82 Å². The van der Waals surface area contributed by atoms with Crippen molar-refractivity contribution in [2.24, 2.45) is 0 Å². The van der Waals surface area contributed by atoms with Gasteiger partial charge in [-0.15, -0.1) is 11.3 Å². The first-order chi connectivity index (χ1) is 11.6. The van der Waals surface area contributed by atoms with Gasteiger partial charge in [-0.05, 0) is 29.3 Å². The first kappa shape index (κ1) is 15.4. The van der Waals surface area contributed by atoms with Gasteiger partial charge in [-0.25, -0.2) is 4.39 Å². The average Bonchev–Trinajstić information content (AvgIpc) is 2.99. The van der Waals surface area contributed by atoms with Crippen LogP contribution in [0.4, 0.5) is 10.1 Å². The average molecular weight is 358 g/mol. The van der Waals surface area contributed by atoms with E-state index in [4.69, 9.17) is 11.6 Å². The van der Waals surface area contributed by atoms with E-state index in [9.17, 15) is 9.18 Å². The van der Waals surface area contributed by atoms with Crippen molar-refractivity contribution in [2.45, 2.75) is 12.3 Å². The summed E-state index contributed by atoms with van der Waals surface area (Å²) < 4.78 is 14.2. The van der Waals surface area contributed by atoms with Crippen LogP contribution in [0.5, 0.6) is 0 Å². The number of anilines is 1. The minimum absolute atomic E-state index is 0.0932. The molecule has 0 fully saturated rings. The van der Waals surface area contributed by atoms with Crippen LogP contribution in [0.25, 0.3) is 11.1 Å². The second kappa shape index (κ2) is 6.04. The first-order valence-electron chi connectivity index (χ1n) is 7.55. The van der Waals surface area contributed by atoms with Crippen LogP contribution in [0.1, 0.15) is 22.8 Å². The highest BCUT2D eigenvalue weighted by Gasteiger charge is 2.31. The Labute approximate surface area is 147 Å². The number of hydrogen-bond acceptors (Lipinski definition) is 2. The van der Waals surface area contributed by atoms with Gasteiger partial charge in [0.25, 0.3) is 0 Å². The normalized spacial score (nSPS) is 16.6. The number of halogens is 2. The molecule has 1 aliphatic heterocycles. The van der Waals surface area contributed by atoms with Crippen molar-refractivity contribution in [3.05, 3.63) is 75.2 Å². The van der Waals surface area contributed by atoms with Crippen molar-refractivity contribution in [2.75, 3.05) is 5.32 Å². The number of carbonyl (C=O) groups excluding carboxylic acids is 1. The molecule has 0 saturated carbocycles. The molecule has 0 aliphatic carbocycles. The molecule has 120 valence electrons. The maximum absolute atomic E-state index is 14.2. The van der Waals surface area contributed by atoms with Crippen LogP contribution in [0.15, 0.2) is 53.9 Å². The van der Waals surface area contributed by atoms with Gasteiger partial charge in [-0.2, -0.15) is 0 Å². The summed E-state index contributed by atoms with van der Waals surface area (Å²) >= 11 is 7.50. The van der Waals surface area contributed by atoms with E-state index in [0.29, 0.717) is 10.6 Å². The summed E-state index contributed by atoms with van der Waals surface area (Å²) in [6.07, 6.45) is 0.258. The lowest BCUT2D eigenvalue weighted by molar-refractivity contribution is -0.116. The molecule has 5 heteroatoms. The number of benzene rings is 2. The van der Waals surface area contributed by atoms with Gasteiger partial charge in [0.15, 0.2) is 0 Å². The quantitative estimate of drug-likeness (QED) is 0.628. The monoisotopic (exact) mass is 357 g/mol. The molecule has 1 amide bonds. The van der Waals surface area contributed by atoms with Gasteiger partial charge in [-0.3, -0.25) is 4.79 Å². The zero-order chi connectivity index (χ0) is 16.7. The third-order valence-electron chi connectivity index (χ3n) is 4.23. The molecule has 4 rings (SSSR count). The second-order valence-corrected chi connectivity index (χ2v) is 7.07. The molecule has 2 nitrogen and oxygen atoms in total. The Bertz CT molecular complexity index is 919. The van der Waals surface area contributed by atoms with E-state index >= 15 is 0 Å². The molecule has 1 aliphatic rings. The fraction of sp³-hybridized carbons (Fsp3) is 0.105. The summed E-state index contributed by atoms with van der Waals surface area (Å²) in [6, 6.07) is 14.1. The van der Waals surface area contributed by atoms with Gasteiger partial charge in [0.2, 0.25) is 5.91 Å². The zero-order valence-corrected chi connectivity index (χ0v) is 14.1. The third-order valence-corrected chi connectivity index (χ3v) is 5.57. The number of fused-ring (bicyclic) bond motifs is 1. The van der Waals surface area contributed by atoms with Gasteiger partial charge in [0.05, 0.1) is 5.69 Å². The molecular formula is C19H13ClFNOS. The van der Waals surface area contributed by atoms with Gasteiger partial charge in [-0.1, -0.05) is 41.9 Å². The molecule has 2 aromatic carbocycles. The van der Waals surface area contributed by atoms with Crippen LogP contribution < -0.4 is 5.32 Å². The van der Waals surface area contributed by atoms with Crippen molar-refractivity contribution in [3.8, 4) is 11.1 Å². The highest BCUT2D eigenvalue weighted by atomic mass is 35.5. The molecular weight excluding hydrogens is 345 g/mol. The van der Waals surface area contributed by atoms with Gasteiger partial charge >= 0.3 is 0 Å². The fourth-order valence-corrected chi connectivity index (χ4v) is 4.36. The van der Waals surface area contributed by atoms with Crippen molar-refractivity contribution in [1.82, 2.24) is 0 Å². The first-order valence-corrected chi connectivity index (χ1v) is 8.81. The maximum atomic E-state index is 14.2. The van der Waals surface area contributed by atoms with E-state index in [1.165, 1.54) is 6.07 Å². The second-order valence-electron chi connectivity index (χ2n) is 5.72. The lowest BCUT2D eigenvalue weighted by Crippen LogP contribution is -2.23. The largest absolute Gasteiger partial charge is 0.325 e. The maximum Gasteiger partial charge on any atom is 0.225 e. The Balaban J connectivity index is 1.83. The minimum atomic E-state index is -0.274. The van der Waals surface area contributed by atoms with Crippen molar-refractivity contribution in [3.63, 3.8) is 0 Å². The Morgan fingerprint density at radius 2 is 1.88 bits per heavy atom. The Hall–Kier alpha value is -2.17. The molecule has 0 spiro atoms. The van der Waals surface area contributed by atoms with Crippen LogP contribution in [-0.4, -0.2) is 5.91 Å².